The van der Waals surface area contributed by atoms with E-state index in [0.29, 0.717) is 25.5 Å². The first-order valence-corrected chi connectivity index (χ1v) is 6.51. The monoisotopic (exact) mass is 315 g/mol. The Bertz CT molecular complexity index is 368. The average molecular weight is 316 g/mol. The SMILES string of the molecule is CN(C)CCOCCNC(=O)c1ccc(Br)cn1. The van der Waals surface area contributed by atoms with Gasteiger partial charge in [-0.05, 0) is 42.2 Å². The molecule has 100 valence electrons. The van der Waals surface area contributed by atoms with Gasteiger partial charge in [0.05, 0.1) is 13.2 Å². The van der Waals surface area contributed by atoms with Crippen LogP contribution in [0.3, 0.4) is 0 Å². The van der Waals surface area contributed by atoms with Gasteiger partial charge < -0.3 is 15.0 Å². The maximum Gasteiger partial charge on any atom is 0.269 e. The van der Waals surface area contributed by atoms with Crippen molar-refractivity contribution >= 4 is 21.8 Å². The van der Waals surface area contributed by atoms with E-state index in [-0.39, 0.29) is 5.91 Å². The highest BCUT2D eigenvalue weighted by molar-refractivity contribution is 9.10. The van der Waals surface area contributed by atoms with Crippen LogP contribution in [0.4, 0.5) is 0 Å². The highest BCUT2D eigenvalue weighted by Gasteiger charge is 2.05. The minimum atomic E-state index is -0.182. The van der Waals surface area contributed by atoms with Crippen molar-refractivity contribution in [3.05, 3.63) is 28.5 Å². The second-order valence-corrected chi connectivity index (χ2v) is 4.95. The Morgan fingerprint density at radius 3 is 2.83 bits per heavy atom. The third-order valence-electron chi connectivity index (χ3n) is 2.17. The van der Waals surface area contributed by atoms with Crippen LogP contribution in [0, 0.1) is 0 Å². The molecule has 1 aromatic rings. The predicted octanol–water partition coefficient (Wildman–Crippen LogP) is 1.15. The number of halogens is 1. The molecule has 1 heterocycles. The van der Waals surface area contributed by atoms with Crippen molar-refractivity contribution in [2.24, 2.45) is 0 Å². The Balaban J connectivity index is 2.16. The fourth-order valence-electron chi connectivity index (χ4n) is 1.19. The molecule has 0 aromatic carbocycles. The van der Waals surface area contributed by atoms with Gasteiger partial charge in [-0.25, -0.2) is 4.98 Å². The van der Waals surface area contributed by atoms with Crippen LogP contribution in [-0.2, 0) is 4.74 Å². The van der Waals surface area contributed by atoms with Gasteiger partial charge in [-0.3, -0.25) is 4.79 Å². The molecule has 0 aliphatic rings. The number of carbonyl (C=O) groups is 1. The van der Waals surface area contributed by atoms with Gasteiger partial charge in [-0.2, -0.15) is 0 Å². The number of rotatable bonds is 7. The first kappa shape index (κ1) is 15.1. The molecule has 18 heavy (non-hydrogen) atoms. The number of hydrogen-bond acceptors (Lipinski definition) is 4. The zero-order valence-electron chi connectivity index (χ0n) is 10.6. The third-order valence-corrected chi connectivity index (χ3v) is 2.64. The molecule has 0 fully saturated rings. The number of hydrogen-bond donors (Lipinski definition) is 1. The molecule has 0 atom stereocenters. The van der Waals surface area contributed by atoms with E-state index >= 15 is 0 Å². The number of nitrogens with one attached hydrogen (secondary N) is 1. The highest BCUT2D eigenvalue weighted by atomic mass is 79.9. The van der Waals surface area contributed by atoms with E-state index < -0.39 is 0 Å². The molecule has 0 bridgehead atoms. The van der Waals surface area contributed by atoms with Gasteiger partial charge in [-0.15, -0.1) is 0 Å². The molecule has 0 unspecified atom stereocenters. The lowest BCUT2D eigenvalue weighted by atomic mass is 10.3. The first-order chi connectivity index (χ1) is 8.59. The molecule has 1 amide bonds. The number of ether oxygens (including phenoxy) is 1. The summed E-state index contributed by atoms with van der Waals surface area (Å²) in [6, 6.07) is 3.46. The summed E-state index contributed by atoms with van der Waals surface area (Å²) >= 11 is 3.27. The second-order valence-electron chi connectivity index (χ2n) is 4.03. The topological polar surface area (TPSA) is 54.5 Å². The van der Waals surface area contributed by atoms with Crippen molar-refractivity contribution in [3.63, 3.8) is 0 Å². The summed E-state index contributed by atoms with van der Waals surface area (Å²) in [5.74, 6) is -0.182. The maximum absolute atomic E-state index is 11.6. The zero-order chi connectivity index (χ0) is 13.4. The summed E-state index contributed by atoms with van der Waals surface area (Å²) in [4.78, 5) is 17.7. The summed E-state index contributed by atoms with van der Waals surface area (Å²) in [5, 5.41) is 2.75. The average Bonchev–Trinajstić information content (AvgIpc) is 2.34. The smallest absolute Gasteiger partial charge is 0.269 e. The zero-order valence-corrected chi connectivity index (χ0v) is 12.2. The van der Waals surface area contributed by atoms with Crippen LogP contribution in [0.5, 0.6) is 0 Å². The molecule has 0 aliphatic carbocycles. The number of amides is 1. The Morgan fingerprint density at radius 2 is 2.22 bits per heavy atom. The van der Waals surface area contributed by atoms with Gasteiger partial charge in [0, 0.05) is 23.8 Å². The molecule has 0 radical (unpaired) electrons. The first-order valence-electron chi connectivity index (χ1n) is 5.72. The fraction of sp³-hybridized carbons (Fsp3) is 0.500. The van der Waals surface area contributed by atoms with E-state index in [9.17, 15) is 4.79 Å². The lowest BCUT2D eigenvalue weighted by Crippen LogP contribution is -2.28. The third kappa shape index (κ3) is 6.09. The van der Waals surface area contributed by atoms with E-state index in [0.717, 1.165) is 11.0 Å². The molecule has 5 nitrogen and oxygen atoms in total. The molecule has 0 saturated carbocycles. The molecule has 1 rings (SSSR count). The van der Waals surface area contributed by atoms with Crippen LogP contribution in [0.15, 0.2) is 22.8 Å². The van der Waals surface area contributed by atoms with Crippen LogP contribution in [0.2, 0.25) is 0 Å². The Hall–Kier alpha value is -0.980. The van der Waals surface area contributed by atoms with Crippen LogP contribution in [0.25, 0.3) is 0 Å². The molecule has 6 heteroatoms. The number of likely N-dealkylation sites (N-methyl/N-ethyl adjacent to an activating group) is 1. The summed E-state index contributed by atoms with van der Waals surface area (Å²) in [6.45, 7) is 2.54. The lowest BCUT2D eigenvalue weighted by Gasteiger charge is -2.10. The van der Waals surface area contributed by atoms with E-state index in [1.54, 1.807) is 18.3 Å². The van der Waals surface area contributed by atoms with Gasteiger partial charge in [0.2, 0.25) is 0 Å². The van der Waals surface area contributed by atoms with Crippen LogP contribution < -0.4 is 5.32 Å². The van der Waals surface area contributed by atoms with E-state index in [1.807, 2.05) is 19.0 Å². The Kier molecular flexibility index (Phi) is 6.85. The van der Waals surface area contributed by atoms with E-state index in [2.05, 4.69) is 26.2 Å². The van der Waals surface area contributed by atoms with Crippen molar-refractivity contribution in [2.75, 3.05) is 40.4 Å². The summed E-state index contributed by atoms with van der Waals surface area (Å²) < 4.78 is 6.22. The van der Waals surface area contributed by atoms with Crippen molar-refractivity contribution in [1.29, 1.82) is 0 Å². The summed E-state index contributed by atoms with van der Waals surface area (Å²) in [7, 11) is 3.98. The van der Waals surface area contributed by atoms with Crippen LogP contribution in [0.1, 0.15) is 10.5 Å². The van der Waals surface area contributed by atoms with E-state index in [4.69, 9.17) is 4.74 Å². The van der Waals surface area contributed by atoms with Crippen LogP contribution in [-0.4, -0.2) is 56.2 Å². The lowest BCUT2D eigenvalue weighted by molar-refractivity contribution is 0.0896. The second kappa shape index (κ2) is 8.18. The number of carbonyl (C=O) groups excluding carboxylic acids is 1. The van der Waals surface area contributed by atoms with Crippen molar-refractivity contribution in [1.82, 2.24) is 15.2 Å². The largest absolute Gasteiger partial charge is 0.378 e. The Morgan fingerprint density at radius 1 is 1.44 bits per heavy atom. The molecule has 1 aromatic heterocycles. The molecule has 0 saturated heterocycles. The number of nitrogens with zero attached hydrogens (tertiary/aromatic N) is 2. The standard InChI is InChI=1S/C12H18BrN3O2/c1-16(2)6-8-18-7-5-14-12(17)11-4-3-10(13)9-15-11/h3-4,9H,5-8H2,1-2H3,(H,14,17). The fourth-order valence-corrected chi connectivity index (χ4v) is 1.42. The predicted molar refractivity (Wildman–Crippen MR) is 73.6 cm³/mol. The maximum atomic E-state index is 11.6. The van der Waals surface area contributed by atoms with Gasteiger partial charge in [0.1, 0.15) is 5.69 Å². The minimum absolute atomic E-state index is 0.182. The summed E-state index contributed by atoms with van der Waals surface area (Å²) in [5.41, 5.74) is 0.409. The molecular formula is C12H18BrN3O2. The molecule has 0 spiro atoms. The molecular weight excluding hydrogens is 298 g/mol. The van der Waals surface area contributed by atoms with Gasteiger partial charge in [-0.1, -0.05) is 0 Å². The highest BCUT2D eigenvalue weighted by Crippen LogP contribution is 2.06. The molecule has 1 N–H and O–H groups in total. The van der Waals surface area contributed by atoms with Crippen molar-refractivity contribution in [2.45, 2.75) is 0 Å². The van der Waals surface area contributed by atoms with Gasteiger partial charge in [0.15, 0.2) is 0 Å². The summed E-state index contributed by atoms with van der Waals surface area (Å²) in [6.07, 6.45) is 1.60. The normalized spacial score (nSPS) is 10.7. The van der Waals surface area contributed by atoms with Crippen LogP contribution >= 0.6 is 15.9 Å². The molecule has 0 aliphatic heterocycles. The quantitative estimate of drug-likeness (QED) is 0.767. The van der Waals surface area contributed by atoms with E-state index in [1.165, 1.54) is 0 Å². The van der Waals surface area contributed by atoms with Crippen molar-refractivity contribution in [3.8, 4) is 0 Å². The number of pyridine rings is 1. The van der Waals surface area contributed by atoms with Crippen molar-refractivity contribution < 1.29 is 9.53 Å². The Labute approximate surface area is 116 Å². The minimum Gasteiger partial charge on any atom is -0.378 e. The van der Waals surface area contributed by atoms with Gasteiger partial charge in [0.25, 0.3) is 5.91 Å². The van der Waals surface area contributed by atoms with Gasteiger partial charge >= 0.3 is 0 Å². The number of aromatic nitrogens is 1.